The van der Waals surface area contributed by atoms with E-state index in [0.717, 1.165) is 5.69 Å². The summed E-state index contributed by atoms with van der Waals surface area (Å²) in [6.07, 6.45) is 2.49. The molecule has 2 rings (SSSR count). The van der Waals surface area contributed by atoms with Crippen LogP contribution in [0.1, 0.15) is 32.3 Å². The molecular formula is C13H18N2O2. The van der Waals surface area contributed by atoms with E-state index in [9.17, 15) is 10.1 Å². The van der Waals surface area contributed by atoms with E-state index in [4.69, 9.17) is 0 Å². The third-order valence-corrected chi connectivity index (χ3v) is 3.56. The highest BCUT2D eigenvalue weighted by molar-refractivity contribution is 5.60. The maximum absolute atomic E-state index is 10.9. The lowest BCUT2D eigenvalue weighted by Crippen LogP contribution is -2.33. The van der Waals surface area contributed by atoms with Crippen molar-refractivity contribution in [1.29, 1.82) is 0 Å². The number of nitro benzene ring substituents is 1. The van der Waals surface area contributed by atoms with Crippen LogP contribution in [-0.4, -0.2) is 10.5 Å². The van der Waals surface area contributed by atoms with Gasteiger partial charge in [0.25, 0.3) is 5.69 Å². The normalized spacial score (nSPS) is 15.7. The van der Waals surface area contributed by atoms with Gasteiger partial charge in [-0.2, -0.15) is 0 Å². The Labute approximate surface area is 101 Å². The molecule has 1 aliphatic rings. The Morgan fingerprint density at radius 2 is 2.06 bits per heavy atom. The van der Waals surface area contributed by atoms with Crippen LogP contribution >= 0.6 is 0 Å². The molecule has 1 saturated carbocycles. The minimum Gasteiger partial charge on any atom is -0.379 e. The second-order valence-corrected chi connectivity index (χ2v) is 5.33. The molecule has 1 aromatic carbocycles. The fraction of sp³-hybridized carbons (Fsp3) is 0.538. The van der Waals surface area contributed by atoms with Crippen molar-refractivity contribution in [1.82, 2.24) is 0 Å². The molecule has 1 N–H and O–H groups in total. The van der Waals surface area contributed by atoms with E-state index in [-0.39, 0.29) is 16.1 Å². The zero-order chi connectivity index (χ0) is 12.6. The summed E-state index contributed by atoms with van der Waals surface area (Å²) < 4.78 is 0. The maximum Gasteiger partial charge on any atom is 0.274 e. The summed E-state index contributed by atoms with van der Waals surface area (Å²) in [5.41, 5.74) is 1.78. The van der Waals surface area contributed by atoms with Crippen LogP contribution in [0.15, 0.2) is 18.2 Å². The van der Waals surface area contributed by atoms with Crippen molar-refractivity contribution in [3.8, 4) is 0 Å². The average molecular weight is 234 g/mol. The van der Waals surface area contributed by atoms with E-state index in [0.29, 0.717) is 11.5 Å². The van der Waals surface area contributed by atoms with E-state index in [1.54, 1.807) is 19.1 Å². The number of nitrogens with zero attached hydrogens (tertiary/aromatic N) is 1. The molecule has 0 saturated heterocycles. The summed E-state index contributed by atoms with van der Waals surface area (Å²) in [4.78, 5) is 10.5. The van der Waals surface area contributed by atoms with E-state index >= 15 is 0 Å². The molecule has 1 fully saturated rings. The van der Waals surface area contributed by atoms with Crippen LogP contribution in [0.3, 0.4) is 0 Å². The molecule has 0 unspecified atom stereocenters. The van der Waals surface area contributed by atoms with E-state index in [1.165, 1.54) is 12.8 Å². The molecule has 17 heavy (non-hydrogen) atoms. The maximum atomic E-state index is 10.9. The Bertz CT molecular complexity index is 451. The molecule has 0 radical (unpaired) electrons. The first-order valence-corrected chi connectivity index (χ1v) is 5.94. The third kappa shape index (κ3) is 2.40. The van der Waals surface area contributed by atoms with Gasteiger partial charge in [-0.25, -0.2) is 0 Å². The zero-order valence-corrected chi connectivity index (χ0v) is 10.5. The summed E-state index contributed by atoms with van der Waals surface area (Å²) in [5, 5.41) is 14.3. The van der Waals surface area contributed by atoms with Crippen LogP contribution in [0.5, 0.6) is 0 Å². The number of hydrogen-bond acceptors (Lipinski definition) is 3. The van der Waals surface area contributed by atoms with Crippen LogP contribution in [0.25, 0.3) is 0 Å². The summed E-state index contributed by atoms with van der Waals surface area (Å²) in [6, 6.07) is 5.19. The molecule has 0 spiro atoms. The molecule has 0 aliphatic heterocycles. The van der Waals surface area contributed by atoms with Crippen molar-refractivity contribution < 1.29 is 4.92 Å². The third-order valence-electron chi connectivity index (χ3n) is 3.56. The highest BCUT2D eigenvalue weighted by Crippen LogP contribution is 2.41. The number of rotatable bonds is 4. The van der Waals surface area contributed by atoms with Crippen molar-refractivity contribution in [2.75, 3.05) is 5.32 Å². The molecule has 92 valence electrons. The van der Waals surface area contributed by atoms with E-state index < -0.39 is 0 Å². The predicted octanol–water partition coefficient (Wildman–Crippen LogP) is 3.50. The first-order chi connectivity index (χ1) is 7.92. The number of anilines is 1. The quantitative estimate of drug-likeness (QED) is 0.640. The van der Waals surface area contributed by atoms with Crippen molar-refractivity contribution in [2.24, 2.45) is 5.92 Å². The van der Waals surface area contributed by atoms with Gasteiger partial charge in [0, 0.05) is 22.9 Å². The van der Waals surface area contributed by atoms with Crippen LogP contribution in [0, 0.1) is 23.0 Å². The van der Waals surface area contributed by atoms with Gasteiger partial charge in [-0.15, -0.1) is 0 Å². The summed E-state index contributed by atoms with van der Waals surface area (Å²) in [5.74, 6) is 0.682. The number of benzene rings is 1. The molecule has 0 heterocycles. The second kappa shape index (κ2) is 4.02. The fourth-order valence-corrected chi connectivity index (χ4v) is 2.21. The Morgan fingerprint density at radius 3 is 2.59 bits per heavy atom. The SMILES string of the molecule is Cc1c(NC(C)(C)C2CC2)cccc1[N+](=O)[O-]. The molecule has 4 heteroatoms. The van der Waals surface area contributed by atoms with Gasteiger partial charge < -0.3 is 5.32 Å². The topological polar surface area (TPSA) is 55.2 Å². The largest absolute Gasteiger partial charge is 0.379 e. The molecule has 0 amide bonds. The predicted molar refractivity (Wildman–Crippen MR) is 68.3 cm³/mol. The molecule has 0 aromatic heterocycles. The van der Waals surface area contributed by atoms with Crippen molar-refractivity contribution in [2.45, 2.75) is 39.2 Å². The van der Waals surface area contributed by atoms with Crippen LogP contribution in [-0.2, 0) is 0 Å². The average Bonchev–Trinajstić information content (AvgIpc) is 3.03. The van der Waals surface area contributed by atoms with Crippen LogP contribution in [0.2, 0.25) is 0 Å². The minimum atomic E-state index is -0.329. The van der Waals surface area contributed by atoms with Crippen LogP contribution < -0.4 is 5.32 Å². The van der Waals surface area contributed by atoms with Gasteiger partial charge in [0.05, 0.1) is 4.92 Å². The highest BCUT2D eigenvalue weighted by Gasteiger charge is 2.38. The zero-order valence-electron chi connectivity index (χ0n) is 10.5. The lowest BCUT2D eigenvalue weighted by Gasteiger charge is -2.28. The summed E-state index contributed by atoms with van der Waals surface area (Å²) in [7, 11) is 0. The lowest BCUT2D eigenvalue weighted by atomic mass is 9.97. The van der Waals surface area contributed by atoms with E-state index in [2.05, 4.69) is 19.2 Å². The highest BCUT2D eigenvalue weighted by atomic mass is 16.6. The van der Waals surface area contributed by atoms with Gasteiger partial charge in [0.15, 0.2) is 0 Å². The lowest BCUT2D eigenvalue weighted by molar-refractivity contribution is -0.385. The van der Waals surface area contributed by atoms with Gasteiger partial charge in [-0.05, 0) is 45.6 Å². The van der Waals surface area contributed by atoms with Gasteiger partial charge in [0.1, 0.15) is 0 Å². The molecule has 0 atom stereocenters. The smallest absolute Gasteiger partial charge is 0.274 e. The molecule has 1 aromatic rings. The van der Waals surface area contributed by atoms with Gasteiger partial charge >= 0.3 is 0 Å². The Kier molecular flexibility index (Phi) is 2.81. The second-order valence-electron chi connectivity index (χ2n) is 5.33. The first kappa shape index (κ1) is 11.9. The monoisotopic (exact) mass is 234 g/mol. The van der Waals surface area contributed by atoms with E-state index in [1.807, 2.05) is 6.07 Å². The fourth-order valence-electron chi connectivity index (χ4n) is 2.21. The molecule has 4 nitrogen and oxygen atoms in total. The Hall–Kier alpha value is -1.58. The Balaban J connectivity index is 2.27. The van der Waals surface area contributed by atoms with Crippen molar-refractivity contribution in [3.63, 3.8) is 0 Å². The number of nitrogens with one attached hydrogen (secondary N) is 1. The number of nitro groups is 1. The minimum absolute atomic E-state index is 0.0139. The first-order valence-electron chi connectivity index (χ1n) is 5.94. The molecule has 0 bridgehead atoms. The number of hydrogen-bond donors (Lipinski definition) is 1. The molecular weight excluding hydrogens is 216 g/mol. The summed E-state index contributed by atoms with van der Waals surface area (Å²) in [6.45, 7) is 6.11. The van der Waals surface area contributed by atoms with Gasteiger partial charge in [0.2, 0.25) is 0 Å². The molecule has 1 aliphatic carbocycles. The Morgan fingerprint density at radius 1 is 1.41 bits per heavy atom. The van der Waals surface area contributed by atoms with Gasteiger partial charge in [-0.3, -0.25) is 10.1 Å². The van der Waals surface area contributed by atoms with Gasteiger partial charge in [-0.1, -0.05) is 6.07 Å². The van der Waals surface area contributed by atoms with Crippen LogP contribution in [0.4, 0.5) is 11.4 Å². The van der Waals surface area contributed by atoms with Crippen molar-refractivity contribution in [3.05, 3.63) is 33.9 Å². The summed E-state index contributed by atoms with van der Waals surface area (Å²) >= 11 is 0. The standard InChI is InChI=1S/C13H18N2O2/c1-9-11(5-4-6-12(9)15(16)17)14-13(2,3)10-7-8-10/h4-6,10,14H,7-8H2,1-3H3. The van der Waals surface area contributed by atoms with Crippen molar-refractivity contribution >= 4 is 11.4 Å².